The van der Waals surface area contributed by atoms with Gasteiger partial charge in [0.15, 0.2) is 0 Å². The minimum atomic E-state index is -4.47. The zero-order chi connectivity index (χ0) is 22.1. The van der Waals surface area contributed by atoms with Crippen LogP contribution in [-0.2, 0) is 21.0 Å². The van der Waals surface area contributed by atoms with Crippen LogP contribution in [0.1, 0.15) is 18.4 Å². The molecular weight excluding hydrogens is 464 g/mol. The summed E-state index contributed by atoms with van der Waals surface area (Å²) in [5.74, 6) is -1.12. The van der Waals surface area contributed by atoms with Gasteiger partial charge in [0.05, 0.1) is 16.5 Å². The van der Waals surface area contributed by atoms with E-state index in [0.717, 1.165) is 24.3 Å². The first-order valence-electron chi connectivity index (χ1n) is 8.92. The first kappa shape index (κ1) is 22.9. The van der Waals surface area contributed by atoms with Gasteiger partial charge < -0.3 is 5.32 Å². The lowest BCUT2D eigenvalue weighted by Crippen LogP contribution is -2.43. The Labute approximate surface area is 181 Å². The number of nitrogens with one attached hydrogen (secondary N) is 1. The zero-order valence-electron chi connectivity index (χ0n) is 15.4. The minimum absolute atomic E-state index is 0.0238. The molecule has 1 fully saturated rings. The van der Waals surface area contributed by atoms with Crippen LogP contribution in [0.4, 0.5) is 18.9 Å². The van der Waals surface area contributed by atoms with E-state index < -0.39 is 33.6 Å². The Morgan fingerprint density at radius 3 is 2.40 bits per heavy atom. The number of benzene rings is 2. The predicted octanol–water partition coefficient (Wildman–Crippen LogP) is 5.05. The molecule has 5 nitrogen and oxygen atoms in total. The summed E-state index contributed by atoms with van der Waals surface area (Å²) in [5, 5.41) is 2.79. The molecule has 0 aromatic heterocycles. The normalized spacial score (nSPS) is 18.2. The van der Waals surface area contributed by atoms with E-state index in [1.165, 1.54) is 22.5 Å². The number of hydrogen-bond acceptors (Lipinski definition) is 3. The van der Waals surface area contributed by atoms with Crippen molar-refractivity contribution in [3.05, 3.63) is 58.1 Å². The van der Waals surface area contributed by atoms with Gasteiger partial charge in [0.1, 0.15) is 4.90 Å². The van der Waals surface area contributed by atoms with E-state index in [9.17, 15) is 26.4 Å². The van der Waals surface area contributed by atoms with Crippen LogP contribution in [0.2, 0.25) is 10.0 Å². The van der Waals surface area contributed by atoms with E-state index in [2.05, 4.69) is 5.32 Å². The lowest BCUT2D eigenvalue weighted by molar-refractivity contribution is -0.137. The second-order valence-electron chi connectivity index (χ2n) is 6.84. The lowest BCUT2D eigenvalue weighted by atomic mass is 9.98. The Morgan fingerprint density at radius 1 is 1.10 bits per heavy atom. The quantitative estimate of drug-likeness (QED) is 0.665. The molecule has 0 spiro atoms. The predicted molar refractivity (Wildman–Crippen MR) is 108 cm³/mol. The molecule has 1 heterocycles. The molecule has 1 aliphatic rings. The van der Waals surface area contributed by atoms with Gasteiger partial charge in [-0.05, 0) is 55.3 Å². The zero-order valence-corrected chi connectivity index (χ0v) is 17.7. The Kier molecular flexibility index (Phi) is 6.66. The van der Waals surface area contributed by atoms with Gasteiger partial charge >= 0.3 is 6.18 Å². The first-order valence-corrected chi connectivity index (χ1v) is 11.1. The fourth-order valence-electron chi connectivity index (χ4n) is 3.18. The number of anilines is 1. The van der Waals surface area contributed by atoms with Crippen molar-refractivity contribution in [1.82, 2.24) is 4.31 Å². The van der Waals surface area contributed by atoms with Gasteiger partial charge in [0.2, 0.25) is 15.9 Å². The van der Waals surface area contributed by atoms with Crippen LogP contribution in [-0.4, -0.2) is 31.7 Å². The van der Waals surface area contributed by atoms with E-state index in [1.807, 2.05) is 0 Å². The molecule has 2 aromatic rings. The summed E-state index contributed by atoms with van der Waals surface area (Å²) in [4.78, 5) is 12.4. The molecule has 0 radical (unpaired) electrons. The first-order chi connectivity index (χ1) is 14.0. The van der Waals surface area contributed by atoms with Gasteiger partial charge in [0, 0.05) is 23.8 Å². The molecule has 0 saturated carbocycles. The molecule has 3 rings (SSSR count). The number of amides is 1. The Morgan fingerprint density at radius 2 is 1.77 bits per heavy atom. The fraction of sp³-hybridized carbons (Fsp3) is 0.316. The van der Waals surface area contributed by atoms with Crippen molar-refractivity contribution in [3.63, 3.8) is 0 Å². The number of carbonyl (C=O) groups is 1. The van der Waals surface area contributed by atoms with Gasteiger partial charge in [-0.1, -0.05) is 23.2 Å². The minimum Gasteiger partial charge on any atom is -0.326 e. The number of piperidine rings is 1. The monoisotopic (exact) mass is 480 g/mol. The van der Waals surface area contributed by atoms with E-state index in [4.69, 9.17) is 23.2 Å². The number of alkyl halides is 3. The molecule has 0 bridgehead atoms. The number of hydrogen-bond donors (Lipinski definition) is 1. The molecule has 1 N–H and O–H groups in total. The SMILES string of the molecule is O=C(Nc1ccc(C(F)(F)F)cc1)[C@@H]1CCCN(S(=O)(=O)c2cc(Cl)ccc2Cl)C1. The molecule has 0 unspecified atom stereocenters. The van der Waals surface area contributed by atoms with Gasteiger partial charge in [-0.3, -0.25) is 4.79 Å². The van der Waals surface area contributed by atoms with Crippen molar-refractivity contribution >= 4 is 44.8 Å². The third-order valence-electron chi connectivity index (χ3n) is 4.75. The van der Waals surface area contributed by atoms with Crippen LogP contribution in [0.5, 0.6) is 0 Å². The van der Waals surface area contributed by atoms with Crippen LogP contribution < -0.4 is 5.32 Å². The highest BCUT2D eigenvalue weighted by Gasteiger charge is 2.35. The maximum Gasteiger partial charge on any atom is 0.416 e. The summed E-state index contributed by atoms with van der Waals surface area (Å²) >= 11 is 11.9. The third-order valence-corrected chi connectivity index (χ3v) is 7.33. The number of sulfonamides is 1. The molecule has 30 heavy (non-hydrogen) atoms. The third kappa shape index (κ3) is 5.08. The number of rotatable bonds is 4. The van der Waals surface area contributed by atoms with Crippen molar-refractivity contribution in [2.45, 2.75) is 23.9 Å². The van der Waals surface area contributed by atoms with Crippen molar-refractivity contribution in [3.8, 4) is 0 Å². The topological polar surface area (TPSA) is 66.5 Å². The van der Waals surface area contributed by atoms with Gasteiger partial charge in [0.25, 0.3) is 0 Å². The summed E-state index contributed by atoms with van der Waals surface area (Å²) < 4.78 is 65.1. The molecular formula is C19H17Cl2F3N2O3S. The van der Waals surface area contributed by atoms with Crippen LogP contribution in [0, 0.1) is 5.92 Å². The van der Waals surface area contributed by atoms with E-state index in [0.29, 0.717) is 12.8 Å². The van der Waals surface area contributed by atoms with Gasteiger partial charge in [-0.2, -0.15) is 17.5 Å². The summed E-state index contributed by atoms with van der Waals surface area (Å²) in [6.45, 7) is 0.146. The second kappa shape index (κ2) is 8.74. The lowest BCUT2D eigenvalue weighted by Gasteiger charge is -2.31. The maximum atomic E-state index is 13.0. The van der Waals surface area contributed by atoms with Crippen LogP contribution in [0.25, 0.3) is 0 Å². The Hall–Kier alpha value is -1.81. The van der Waals surface area contributed by atoms with Crippen LogP contribution >= 0.6 is 23.2 Å². The van der Waals surface area contributed by atoms with Crippen LogP contribution in [0.15, 0.2) is 47.4 Å². The highest BCUT2D eigenvalue weighted by atomic mass is 35.5. The molecule has 162 valence electrons. The second-order valence-corrected chi connectivity index (χ2v) is 9.59. The Balaban J connectivity index is 1.72. The van der Waals surface area contributed by atoms with Crippen molar-refractivity contribution in [2.24, 2.45) is 5.92 Å². The van der Waals surface area contributed by atoms with Crippen molar-refractivity contribution in [1.29, 1.82) is 0 Å². The molecule has 1 saturated heterocycles. The fourth-order valence-corrected chi connectivity index (χ4v) is 5.44. The van der Waals surface area contributed by atoms with Crippen LogP contribution in [0.3, 0.4) is 0 Å². The molecule has 1 amide bonds. The number of nitrogens with zero attached hydrogens (tertiary/aromatic N) is 1. The van der Waals surface area contributed by atoms with Gasteiger partial charge in [-0.25, -0.2) is 8.42 Å². The standard InChI is InChI=1S/C19H17Cl2F3N2O3S/c20-14-5-8-16(21)17(10-14)30(28,29)26-9-1-2-12(11-26)18(27)25-15-6-3-13(4-7-15)19(22,23)24/h3-8,10,12H,1-2,9,11H2,(H,25,27)/t12-/m1/s1. The molecule has 2 aromatic carbocycles. The summed E-state index contributed by atoms with van der Waals surface area (Å²) in [6.07, 6.45) is -3.58. The molecule has 1 atom stereocenters. The largest absolute Gasteiger partial charge is 0.416 e. The summed E-state index contributed by atoms with van der Waals surface area (Å²) in [7, 11) is -3.96. The average molecular weight is 481 g/mol. The highest BCUT2D eigenvalue weighted by Crippen LogP contribution is 2.32. The highest BCUT2D eigenvalue weighted by molar-refractivity contribution is 7.89. The molecule has 0 aliphatic carbocycles. The molecule has 11 heteroatoms. The number of carbonyl (C=O) groups excluding carboxylic acids is 1. The van der Waals surface area contributed by atoms with Crippen molar-refractivity contribution < 1.29 is 26.4 Å². The number of halogens is 5. The Bertz CT molecular complexity index is 1040. The van der Waals surface area contributed by atoms with Crippen molar-refractivity contribution in [2.75, 3.05) is 18.4 Å². The van der Waals surface area contributed by atoms with E-state index in [-0.39, 0.29) is 33.7 Å². The smallest absolute Gasteiger partial charge is 0.326 e. The maximum absolute atomic E-state index is 13.0. The average Bonchev–Trinajstić information content (AvgIpc) is 2.69. The summed E-state index contributed by atoms with van der Waals surface area (Å²) in [6, 6.07) is 8.16. The van der Waals surface area contributed by atoms with E-state index >= 15 is 0 Å². The molecule has 1 aliphatic heterocycles. The van der Waals surface area contributed by atoms with E-state index in [1.54, 1.807) is 0 Å². The van der Waals surface area contributed by atoms with Gasteiger partial charge in [-0.15, -0.1) is 0 Å². The summed E-state index contributed by atoms with van der Waals surface area (Å²) in [5.41, 5.74) is -0.625.